The highest BCUT2D eigenvalue weighted by atomic mass is 32.2. The van der Waals surface area contributed by atoms with Crippen molar-refractivity contribution in [2.24, 2.45) is 0 Å². The lowest BCUT2D eigenvalue weighted by Gasteiger charge is -2.29. The molecular formula is C11H17FN2O4S. The SMILES string of the molecule is CCC(CO)(CO)NS(=O)(=O)c1cc(N)ccc1F. The zero-order valence-corrected chi connectivity index (χ0v) is 11.2. The van der Waals surface area contributed by atoms with Gasteiger partial charge in [-0.25, -0.2) is 17.5 Å². The molecule has 0 bridgehead atoms. The zero-order chi connectivity index (χ0) is 14.7. The maximum atomic E-state index is 13.6. The molecule has 1 aromatic rings. The van der Waals surface area contributed by atoms with Crippen LogP contribution < -0.4 is 10.5 Å². The van der Waals surface area contributed by atoms with Crippen LogP contribution in [0.5, 0.6) is 0 Å². The number of hydrogen-bond acceptors (Lipinski definition) is 5. The van der Waals surface area contributed by atoms with Gasteiger partial charge in [0, 0.05) is 5.69 Å². The minimum absolute atomic E-state index is 0.0943. The summed E-state index contributed by atoms with van der Waals surface area (Å²) in [5.41, 5.74) is 4.09. The van der Waals surface area contributed by atoms with Crippen molar-refractivity contribution in [1.82, 2.24) is 4.72 Å². The molecule has 0 fully saturated rings. The first-order valence-corrected chi connectivity index (χ1v) is 7.09. The molecule has 1 rings (SSSR count). The van der Waals surface area contributed by atoms with Gasteiger partial charge in [-0.2, -0.15) is 0 Å². The molecule has 0 spiro atoms. The molecule has 108 valence electrons. The van der Waals surface area contributed by atoms with Crippen LogP contribution in [0.15, 0.2) is 23.1 Å². The summed E-state index contributed by atoms with van der Waals surface area (Å²) in [6.07, 6.45) is 0.142. The van der Waals surface area contributed by atoms with Gasteiger partial charge in [-0.15, -0.1) is 0 Å². The van der Waals surface area contributed by atoms with E-state index in [0.29, 0.717) is 0 Å². The highest BCUT2D eigenvalue weighted by Crippen LogP contribution is 2.20. The molecule has 0 aliphatic heterocycles. The van der Waals surface area contributed by atoms with Crippen molar-refractivity contribution in [1.29, 1.82) is 0 Å². The van der Waals surface area contributed by atoms with Crippen LogP contribution in [0.4, 0.5) is 10.1 Å². The van der Waals surface area contributed by atoms with Crippen molar-refractivity contribution in [3.8, 4) is 0 Å². The van der Waals surface area contributed by atoms with Gasteiger partial charge in [-0.05, 0) is 24.6 Å². The number of hydrogen-bond donors (Lipinski definition) is 4. The van der Waals surface area contributed by atoms with Gasteiger partial charge in [-0.1, -0.05) is 6.92 Å². The molecule has 5 N–H and O–H groups in total. The molecule has 0 aromatic heterocycles. The summed E-state index contributed by atoms with van der Waals surface area (Å²) >= 11 is 0. The van der Waals surface area contributed by atoms with Crippen molar-refractivity contribution in [2.75, 3.05) is 18.9 Å². The highest BCUT2D eigenvalue weighted by Gasteiger charge is 2.33. The highest BCUT2D eigenvalue weighted by molar-refractivity contribution is 7.89. The number of aliphatic hydroxyl groups excluding tert-OH is 2. The number of aliphatic hydroxyl groups is 2. The maximum absolute atomic E-state index is 13.6. The van der Waals surface area contributed by atoms with Crippen molar-refractivity contribution in [3.05, 3.63) is 24.0 Å². The van der Waals surface area contributed by atoms with E-state index in [-0.39, 0.29) is 12.1 Å². The Morgan fingerprint density at radius 2 is 1.95 bits per heavy atom. The summed E-state index contributed by atoms with van der Waals surface area (Å²) in [5.74, 6) is -0.956. The van der Waals surface area contributed by atoms with E-state index in [4.69, 9.17) is 5.73 Å². The first-order valence-electron chi connectivity index (χ1n) is 5.61. The first-order chi connectivity index (χ1) is 8.80. The number of rotatable bonds is 6. The Morgan fingerprint density at radius 1 is 1.37 bits per heavy atom. The minimum Gasteiger partial charge on any atom is -0.399 e. The van der Waals surface area contributed by atoms with Crippen LogP contribution in [-0.4, -0.2) is 37.4 Å². The standard InChI is InChI=1S/C11H17FN2O4S/c1-2-11(6-15,7-16)14-19(17,18)10-5-8(13)3-4-9(10)12/h3-5,14-16H,2,6-7,13H2,1H3. The van der Waals surface area contributed by atoms with Crippen LogP contribution >= 0.6 is 0 Å². The second-order valence-corrected chi connectivity index (χ2v) is 5.90. The fourth-order valence-corrected chi connectivity index (χ4v) is 3.05. The van der Waals surface area contributed by atoms with Gasteiger partial charge < -0.3 is 15.9 Å². The molecule has 0 amide bonds. The molecule has 0 saturated carbocycles. The van der Waals surface area contributed by atoms with E-state index in [1.165, 1.54) is 6.07 Å². The molecular weight excluding hydrogens is 275 g/mol. The number of halogens is 1. The van der Waals surface area contributed by atoms with E-state index >= 15 is 0 Å². The van der Waals surface area contributed by atoms with Crippen LogP contribution in [0.25, 0.3) is 0 Å². The third kappa shape index (κ3) is 3.41. The number of nitrogens with one attached hydrogen (secondary N) is 1. The van der Waals surface area contributed by atoms with Crippen molar-refractivity contribution in [2.45, 2.75) is 23.8 Å². The summed E-state index contributed by atoms with van der Waals surface area (Å²) in [4.78, 5) is -0.618. The third-order valence-electron chi connectivity index (χ3n) is 2.88. The molecule has 6 nitrogen and oxygen atoms in total. The van der Waals surface area contributed by atoms with E-state index in [1.807, 2.05) is 0 Å². The lowest BCUT2D eigenvalue weighted by Crippen LogP contribution is -2.53. The van der Waals surface area contributed by atoms with Gasteiger partial charge in [0.2, 0.25) is 10.0 Å². The van der Waals surface area contributed by atoms with Crippen LogP contribution in [0.1, 0.15) is 13.3 Å². The summed E-state index contributed by atoms with van der Waals surface area (Å²) in [6.45, 7) is 0.372. The Labute approximate surface area is 111 Å². The lowest BCUT2D eigenvalue weighted by molar-refractivity contribution is 0.105. The number of benzene rings is 1. The molecule has 0 radical (unpaired) electrons. The largest absolute Gasteiger partial charge is 0.399 e. The Bertz CT molecular complexity index is 535. The predicted molar refractivity (Wildman–Crippen MR) is 68.3 cm³/mol. The Kier molecular flexibility index (Phi) is 4.86. The van der Waals surface area contributed by atoms with Crippen molar-refractivity contribution < 1.29 is 23.0 Å². The molecule has 1 aromatic carbocycles. The monoisotopic (exact) mass is 292 g/mol. The molecule has 0 aliphatic rings. The van der Waals surface area contributed by atoms with Gasteiger partial charge >= 0.3 is 0 Å². The van der Waals surface area contributed by atoms with E-state index in [9.17, 15) is 23.0 Å². The smallest absolute Gasteiger partial charge is 0.244 e. The fraction of sp³-hybridized carbons (Fsp3) is 0.455. The molecule has 0 atom stereocenters. The Balaban J connectivity index is 3.21. The van der Waals surface area contributed by atoms with Crippen LogP contribution in [0, 0.1) is 5.82 Å². The van der Waals surface area contributed by atoms with Gasteiger partial charge in [0.1, 0.15) is 10.7 Å². The van der Waals surface area contributed by atoms with Crippen molar-refractivity contribution >= 4 is 15.7 Å². The van der Waals surface area contributed by atoms with Crippen LogP contribution in [0.2, 0.25) is 0 Å². The van der Waals surface area contributed by atoms with Gasteiger partial charge in [0.15, 0.2) is 0 Å². The average molecular weight is 292 g/mol. The predicted octanol–water partition coefficient (Wildman–Crippen LogP) is -0.180. The van der Waals surface area contributed by atoms with Gasteiger partial charge in [0.05, 0.1) is 18.8 Å². The second kappa shape index (κ2) is 5.83. The quantitative estimate of drug-likeness (QED) is 0.543. The molecule has 0 saturated heterocycles. The summed E-state index contributed by atoms with van der Waals surface area (Å²) in [6, 6.07) is 3.15. The maximum Gasteiger partial charge on any atom is 0.244 e. The Morgan fingerprint density at radius 3 is 2.42 bits per heavy atom. The normalized spacial score (nSPS) is 12.6. The number of anilines is 1. The van der Waals surface area contributed by atoms with E-state index in [0.717, 1.165) is 12.1 Å². The lowest BCUT2D eigenvalue weighted by atomic mass is 10.0. The first kappa shape index (κ1) is 15.8. The van der Waals surface area contributed by atoms with E-state index < -0.39 is 39.5 Å². The summed E-state index contributed by atoms with van der Waals surface area (Å²) < 4.78 is 39.8. The molecule has 0 heterocycles. The van der Waals surface area contributed by atoms with Crippen molar-refractivity contribution in [3.63, 3.8) is 0 Å². The van der Waals surface area contributed by atoms with Gasteiger partial charge in [0.25, 0.3) is 0 Å². The third-order valence-corrected chi connectivity index (χ3v) is 4.47. The van der Waals surface area contributed by atoms with Gasteiger partial charge in [-0.3, -0.25) is 0 Å². The number of nitrogen functional groups attached to an aromatic ring is 1. The fourth-order valence-electron chi connectivity index (χ4n) is 1.48. The van der Waals surface area contributed by atoms with Crippen LogP contribution in [0.3, 0.4) is 0 Å². The minimum atomic E-state index is -4.23. The molecule has 0 unspecified atom stereocenters. The second-order valence-electron chi connectivity index (χ2n) is 4.25. The zero-order valence-electron chi connectivity index (χ0n) is 10.4. The Hall–Kier alpha value is -1.22. The summed E-state index contributed by atoms with van der Waals surface area (Å²) in [7, 11) is -4.23. The van der Waals surface area contributed by atoms with E-state index in [2.05, 4.69) is 4.72 Å². The summed E-state index contributed by atoms with van der Waals surface area (Å²) in [5, 5.41) is 18.4. The van der Waals surface area contributed by atoms with E-state index in [1.54, 1.807) is 6.92 Å². The topological polar surface area (TPSA) is 113 Å². The number of sulfonamides is 1. The number of nitrogens with two attached hydrogens (primary N) is 1. The molecule has 8 heteroatoms. The molecule has 19 heavy (non-hydrogen) atoms. The van der Waals surface area contributed by atoms with Crippen LogP contribution in [-0.2, 0) is 10.0 Å². The molecule has 0 aliphatic carbocycles. The average Bonchev–Trinajstić information content (AvgIpc) is 2.39.